The molecule has 104 valence electrons. The molecule has 5 heteroatoms. The number of rotatable bonds is 4. The van der Waals surface area contributed by atoms with Crippen LogP contribution in [0.15, 0.2) is 35.7 Å². The normalized spacial score (nSPS) is 10.1. The molecule has 0 fully saturated rings. The summed E-state index contributed by atoms with van der Waals surface area (Å²) < 4.78 is 9.76. The van der Waals surface area contributed by atoms with E-state index in [-0.39, 0.29) is 17.0 Å². The zero-order chi connectivity index (χ0) is 14.5. The van der Waals surface area contributed by atoms with E-state index in [9.17, 15) is 9.59 Å². The van der Waals surface area contributed by atoms with Crippen LogP contribution in [0.1, 0.15) is 27.0 Å². The van der Waals surface area contributed by atoms with Crippen molar-refractivity contribution in [2.24, 2.45) is 0 Å². The van der Waals surface area contributed by atoms with Gasteiger partial charge in [-0.25, -0.2) is 9.59 Å². The lowest BCUT2D eigenvalue weighted by atomic mass is 10.0. The molecule has 0 aliphatic carbocycles. The molecule has 0 amide bonds. The SMILES string of the molecule is CCOC(=O)c1c(-c2ccccc2)csc1C(=O)OC. The van der Waals surface area contributed by atoms with Crippen molar-refractivity contribution < 1.29 is 19.1 Å². The highest BCUT2D eigenvalue weighted by Crippen LogP contribution is 2.32. The summed E-state index contributed by atoms with van der Waals surface area (Å²) in [6.07, 6.45) is 0. The minimum Gasteiger partial charge on any atom is -0.465 e. The molecule has 0 aliphatic rings. The molecule has 2 rings (SSSR count). The van der Waals surface area contributed by atoms with Crippen molar-refractivity contribution in [3.8, 4) is 11.1 Å². The molecule has 0 radical (unpaired) electrons. The highest BCUT2D eigenvalue weighted by Gasteiger charge is 2.25. The fourth-order valence-corrected chi connectivity index (χ4v) is 2.82. The molecule has 0 saturated heterocycles. The Morgan fingerprint density at radius 3 is 2.45 bits per heavy atom. The maximum absolute atomic E-state index is 12.1. The maximum atomic E-state index is 12.1. The summed E-state index contributed by atoms with van der Waals surface area (Å²) in [4.78, 5) is 24.2. The largest absolute Gasteiger partial charge is 0.465 e. The van der Waals surface area contributed by atoms with Gasteiger partial charge in [0.1, 0.15) is 4.88 Å². The summed E-state index contributed by atoms with van der Waals surface area (Å²) in [6, 6.07) is 9.40. The molecule has 0 bridgehead atoms. The monoisotopic (exact) mass is 290 g/mol. The standard InChI is InChI=1S/C15H14O4S/c1-3-19-14(16)12-11(10-7-5-4-6-8-10)9-20-13(12)15(17)18-2/h4-9H,3H2,1-2H3. The Kier molecular flexibility index (Phi) is 4.53. The van der Waals surface area contributed by atoms with Crippen LogP contribution in [-0.4, -0.2) is 25.7 Å². The Balaban J connectivity index is 2.55. The number of hydrogen-bond donors (Lipinski definition) is 0. The minimum absolute atomic E-state index is 0.253. The lowest BCUT2D eigenvalue weighted by Gasteiger charge is -2.06. The third-order valence-corrected chi connectivity index (χ3v) is 3.69. The van der Waals surface area contributed by atoms with Gasteiger partial charge >= 0.3 is 11.9 Å². The van der Waals surface area contributed by atoms with Crippen LogP contribution < -0.4 is 0 Å². The number of carbonyl (C=O) groups excluding carboxylic acids is 2. The molecular formula is C15H14O4S. The van der Waals surface area contributed by atoms with Crippen LogP contribution in [0.5, 0.6) is 0 Å². The summed E-state index contributed by atoms with van der Waals surface area (Å²) in [6.45, 7) is 1.98. The minimum atomic E-state index is -0.528. The lowest BCUT2D eigenvalue weighted by Crippen LogP contribution is -2.11. The molecule has 0 N–H and O–H groups in total. The molecule has 2 aromatic rings. The van der Waals surface area contributed by atoms with Gasteiger partial charge in [0.05, 0.1) is 19.3 Å². The third kappa shape index (κ3) is 2.72. The van der Waals surface area contributed by atoms with Crippen LogP contribution in [-0.2, 0) is 9.47 Å². The highest BCUT2D eigenvalue weighted by molar-refractivity contribution is 7.13. The third-order valence-electron chi connectivity index (χ3n) is 2.73. The molecule has 1 aromatic heterocycles. The fourth-order valence-electron chi connectivity index (χ4n) is 1.84. The molecule has 20 heavy (non-hydrogen) atoms. The van der Waals surface area contributed by atoms with Crippen molar-refractivity contribution in [2.45, 2.75) is 6.92 Å². The number of ether oxygens (including phenoxy) is 2. The van der Waals surface area contributed by atoms with Crippen LogP contribution >= 0.6 is 11.3 Å². The van der Waals surface area contributed by atoms with Gasteiger partial charge in [-0.05, 0) is 12.5 Å². The molecule has 0 unspecified atom stereocenters. The topological polar surface area (TPSA) is 52.6 Å². The maximum Gasteiger partial charge on any atom is 0.348 e. The summed E-state index contributed by atoms with van der Waals surface area (Å²) >= 11 is 1.18. The average molecular weight is 290 g/mol. The van der Waals surface area contributed by atoms with E-state index in [1.54, 1.807) is 12.3 Å². The van der Waals surface area contributed by atoms with Gasteiger partial charge in [-0.1, -0.05) is 30.3 Å². The second-order valence-electron chi connectivity index (χ2n) is 3.93. The van der Waals surface area contributed by atoms with Gasteiger partial charge in [0.25, 0.3) is 0 Å². The van der Waals surface area contributed by atoms with E-state index < -0.39 is 11.9 Å². The molecule has 4 nitrogen and oxygen atoms in total. The molecule has 0 atom stereocenters. The van der Waals surface area contributed by atoms with Gasteiger partial charge < -0.3 is 9.47 Å². The van der Waals surface area contributed by atoms with Gasteiger partial charge in [-0.2, -0.15) is 0 Å². The van der Waals surface area contributed by atoms with Gasteiger partial charge in [0.15, 0.2) is 0 Å². The van der Waals surface area contributed by atoms with Crippen LogP contribution in [0.25, 0.3) is 11.1 Å². The van der Waals surface area contributed by atoms with Crippen LogP contribution in [0, 0.1) is 0 Å². The van der Waals surface area contributed by atoms with E-state index in [0.29, 0.717) is 5.56 Å². The summed E-state index contributed by atoms with van der Waals surface area (Å²) in [5.41, 5.74) is 1.83. The van der Waals surface area contributed by atoms with Gasteiger partial charge in [-0.3, -0.25) is 0 Å². The van der Waals surface area contributed by atoms with Crippen molar-refractivity contribution in [1.82, 2.24) is 0 Å². The number of thiophene rings is 1. The number of methoxy groups -OCH3 is 1. The predicted molar refractivity (Wildman–Crippen MR) is 77.1 cm³/mol. The Morgan fingerprint density at radius 2 is 1.85 bits per heavy atom. The molecule has 0 saturated carbocycles. The van der Waals surface area contributed by atoms with Gasteiger partial charge in [-0.15, -0.1) is 11.3 Å². The second-order valence-corrected chi connectivity index (χ2v) is 4.81. The van der Waals surface area contributed by atoms with E-state index in [4.69, 9.17) is 9.47 Å². The smallest absolute Gasteiger partial charge is 0.348 e. The molecule has 0 aliphatic heterocycles. The Hall–Kier alpha value is -2.14. The van der Waals surface area contributed by atoms with Crippen molar-refractivity contribution in [3.63, 3.8) is 0 Å². The van der Waals surface area contributed by atoms with Gasteiger partial charge in [0.2, 0.25) is 0 Å². The van der Waals surface area contributed by atoms with Crippen LogP contribution in [0.2, 0.25) is 0 Å². The van der Waals surface area contributed by atoms with Gasteiger partial charge in [0, 0.05) is 10.9 Å². The first-order chi connectivity index (χ1) is 9.69. The number of hydrogen-bond acceptors (Lipinski definition) is 5. The lowest BCUT2D eigenvalue weighted by molar-refractivity contribution is 0.0508. The second kappa shape index (κ2) is 6.34. The van der Waals surface area contributed by atoms with Crippen LogP contribution in [0.3, 0.4) is 0 Å². The van der Waals surface area contributed by atoms with Crippen molar-refractivity contribution in [3.05, 3.63) is 46.2 Å². The number of esters is 2. The zero-order valence-electron chi connectivity index (χ0n) is 11.2. The number of carbonyl (C=O) groups is 2. The van der Waals surface area contributed by atoms with E-state index in [1.807, 2.05) is 30.3 Å². The predicted octanol–water partition coefficient (Wildman–Crippen LogP) is 3.38. The Bertz CT molecular complexity index is 616. The van der Waals surface area contributed by atoms with E-state index in [2.05, 4.69) is 0 Å². The van der Waals surface area contributed by atoms with E-state index in [1.165, 1.54) is 18.4 Å². The zero-order valence-corrected chi connectivity index (χ0v) is 12.0. The summed E-state index contributed by atoms with van der Waals surface area (Å²) in [7, 11) is 1.29. The van der Waals surface area contributed by atoms with Crippen molar-refractivity contribution in [1.29, 1.82) is 0 Å². The quantitative estimate of drug-likeness (QED) is 0.810. The first kappa shape index (κ1) is 14.3. The molecule has 1 heterocycles. The molecular weight excluding hydrogens is 276 g/mol. The van der Waals surface area contributed by atoms with Crippen molar-refractivity contribution in [2.75, 3.05) is 13.7 Å². The first-order valence-electron chi connectivity index (χ1n) is 6.11. The molecule has 0 spiro atoms. The highest BCUT2D eigenvalue weighted by atomic mass is 32.1. The average Bonchev–Trinajstić information content (AvgIpc) is 2.92. The molecule has 1 aromatic carbocycles. The number of benzene rings is 1. The summed E-state index contributed by atoms with van der Waals surface area (Å²) in [5.74, 6) is -1.03. The Labute approximate surface area is 121 Å². The van der Waals surface area contributed by atoms with E-state index in [0.717, 1.165) is 5.56 Å². The fraction of sp³-hybridized carbons (Fsp3) is 0.200. The van der Waals surface area contributed by atoms with E-state index >= 15 is 0 Å². The van der Waals surface area contributed by atoms with Crippen LogP contribution in [0.4, 0.5) is 0 Å². The summed E-state index contributed by atoms with van der Waals surface area (Å²) in [5, 5.41) is 1.77. The van der Waals surface area contributed by atoms with Crippen molar-refractivity contribution >= 4 is 23.3 Å². The Morgan fingerprint density at radius 1 is 1.15 bits per heavy atom. The first-order valence-corrected chi connectivity index (χ1v) is 6.99.